The summed E-state index contributed by atoms with van der Waals surface area (Å²) >= 11 is 0. The Balaban J connectivity index is 1.58. The maximum Gasteiger partial charge on any atom is 0.227 e. The fourth-order valence-electron chi connectivity index (χ4n) is 3.02. The number of benzene rings is 1. The lowest BCUT2D eigenvalue weighted by molar-refractivity contribution is -0.122. The maximum absolute atomic E-state index is 12.4. The summed E-state index contributed by atoms with van der Waals surface area (Å²) in [5.41, 5.74) is 2.12. The number of ether oxygens (including phenoxy) is 1. The van der Waals surface area contributed by atoms with Gasteiger partial charge in [-0.3, -0.25) is 9.78 Å². The van der Waals surface area contributed by atoms with Gasteiger partial charge in [0.25, 0.3) is 0 Å². The van der Waals surface area contributed by atoms with Gasteiger partial charge >= 0.3 is 0 Å². The predicted octanol–water partition coefficient (Wildman–Crippen LogP) is 3.08. The van der Waals surface area contributed by atoms with E-state index in [-0.39, 0.29) is 17.9 Å². The van der Waals surface area contributed by atoms with Crippen molar-refractivity contribution in [3.8, 4) is 0 Å². The summed E-state index contributed by atoms with van der Waals surface area (Å²) in [7, 11) is 0. The Morgan fingerprint density at radius 2 is 2.13 bits per heavy atom. The molecular formula is C19H22N2O2. The van der Waals surface area contributed by atoms with Crippen LogP contribution in [0.15, 0.2) is 54.9 Å². The topological polar surface area (TPSA) is 51.2 Å². The summed E-state index contributed by atoms with van der Waals surface area (Å²) in [6.07, 6.45) is 4.51. The van der Waals surface area contributed by atoms with Gasteiger partial charge < -0.3 is 10.1 Å². The molecule has 1 unspecified atom stereocenters. The minimum absolute atomic E-state index is 0.0386. The fraction of sp³-hybridized carbons (Fsp3) is 0.368. The van der Waals surface area contributed by atoms with E-state index in [0.29, 0.717) is 12.5 Å². The van der Waals surface area contributed by atoms with Gasteiger partial charge in [0.15, 0.2) is 0 Å². The molecule has 1 fully saturated rings. The molecule has 1 aromatic carbocycles. The molecule has 1 aromatic heterocycles. The third-order valence-electron chi connectivity index (χ3n) is 4.46. The monoisotopic (exact) mass is 310 g/mol. The lowest BCUT2D eigenvalue weighted by Gasteiger charge is -2.20. The van der Waals surface area contributed by atoms with E-state index in [1.165, 1.54) is 5.56 Å². The van der Waals surface area contributed by atoms with Gasteiger partial charge in [0.1, 0.15) is 0 Å². The van der Waals surface area contributed by atoms with Crippen LogP contribution in [0, 0.1) is 5.92 Å². The van der Waals surface area contributed by atoms with Crippen LogP contribution in [0.2, 0.25) is 0 Å². The molecule has 2 aromatic rings. The van der Waals surface area contributed by atoms with Gasteiger partial charge in [0.2, 0.25) is 5.91 Å². The van der Waals surface area contributed by atoms with Gasteiger partial charge in [0.05, 0.1) is 12.0 Å². The number of hydrogen-bond donors (Lipinski definition) is 1. The van der Waals surface area contributed by atoms with E-state index >= 15 is 0 Å². The first kappa shape index (κ1) is 15.7. The van der Waals surface area contributed by atoms with Crippen molar-refractivity contribution in [1.82, 2.24) is 10.3 Å². The quantitative estimate of drug-likeness (QED) is 0.923. The van der Waals surface area contributed by atoms with Crippen molar-refractivity contribution in [1.29, 1.82) is 0 Å². The molecular weight excluding hydrogens is 288 g/mol. The number of carbonyl (C=O) groups excluding carboxylic acids is 1. The van der Waals surface area contributed by atoms with Gasteiger partial charge in [-0.05, 0) is 30.5 Å². The zero-order valence-corrected chi connectivity index (χ0v) is 13.3. The van der Waals surface area contributed by atoms with Gasteiger partial charge in [-0.1, -0.05) is 36.4 Å². The molecule has 2 heterocycles. The summed E-state index contributed by atoms with van der Waals surface area (Å²) in [5, 5.41) is 3.08. The van der Waals surface area contributed by atoms with E-state index < -0.39 is 0 Å². The molecule has 0 saturated carbocycles. The van der Waals surface area contributed by atoms with Gasteiger partial charge in [-0.25, -0.2) is 0 Å². The van der Waals surface area contributed by atoms with Crippen molar-refractivity contribution in [3.05, 3.63) is 66.0 Å². The van der Waals surface area contributed by atoms with Gasteiger partial charge in [-0.15, -0.1) is 0 Å². The molecule has 1 N–H and O–H groups in total. The van der Waals surface area contributed by atoms with Crippen LogP contribution >= 0.6 is 0 Å². The average Bonchev–Trinajstić information content (AvgIpc) is 3.09. The molecule has 3 rings (SSSR count). The number of nitrogens with zero attached hydrogens (tertiary/aromatic N) is 1. The van der Waals surface area contributed by atoms with E-state index in [4.69, 9.17) is 4.74 Å². The number of pyridine rings is 1. The molecule has 1 amide bonds. The number of amides is 1. The van der Waals surface area contributed by atoms with Crippen molar-refractivity contribution in [2.24, 2.45) is 5.92 Å². The standard InChI is InChI=1S/C19H22N2O2/c1-14(16-8-5-10-20-12-16)19(22)21-13-17-9-11-23-18(17)15-6-3-2-4-7-15/h2-8,10,12,14,17-18H,9,11,13H2,1H3,(H,21,22)/t14?,17-,18-/m1/s1. The highest BCUT2D eigenvalue weighted by Crippen LogP contribution is 2.34. The second kappa shape index (κ2) is 7.38. The molecule has 1 aliphatic rings. The smallest absolute Gasteiger partial charge is 0.227 e. The molecule has 120 valence electrons. The van der Waals surface area contributed by atoms with E-state index in [2.05, 4.69) is 22.4 Å². The van der Waals surface area contributed by atoms with E-state index in [1.54, 1.807) is 12.4 Å². The molecule has 3 atom stereocenters. The number of carbonyl (C=O) groups is 1. The largest absolute Gasteiger partial charge is 0.373 e. The van der Waals surface area contributed by atoms with Gasteiger partial charge in [0, 0.05) is 31.5 Å². The Morgan fingerprint density at radius 3 is 2.87 bits per heavy atom. The van der Waals surface area contributed by atoms with Crippen LogP contribution in [-0.4, -0.2) is 24.0 Å². The minimum atomic E-state index is -0.193. The van der Waals surface area contributed by atoms with Crippen LogP contribution in [0.1, 0.15) is 36.5 Å². The summed E-state index contributed by atoms with van der Waals surface area (Å²) in [4.78, 5) is 16.4. The van der Waals surface area contributed by atoms with Crippen LogP contribution in [0.5, 0.6) is 0 Å². The SMILES string of the molecule is CC(C(=O)NC[C@H]1CCO[C@@H]1c1ccccc1)c1cccnc1. The average molecular weight is 310 g/mol. The summed E-state index contributed by atoms with van der Waals surface area (Å²) < 4.78 is 5.87. The third kappa shape index (κ3) is 3.77. The van der Waals surface area contributed by atoms with Gasteiger partial charge in [-0.2, -0.15) is 0 Å². The minimum Gasteiger partial charge on any atom is -0.373 e. The second-order valence-electron chi connectivity index (χ2n) is 6.00. The van der Waals surface area contributed by atoms with Crippen molar-refractivity contribution in [2.45, 2.75) is 25.4 Å². The van der Waals surface area contributed by atoms with Crippen LogP contribution in [0.3, 0.4) is 0 Å². The number of hydrogen-bond acceptors (Lipinski definition) is 3. The molecule has 23 heavy (non-hydrogen) atoms. The van der Waals surface area contributed by atoms with E-state index in [9.17, 15) is 4.79 Å². The van der Waals surface area contributed by atoms with Crippen LogP contribution in [0.4, 0.5) is 0 Å². The van der Waals surface area contributed by atoms with Crippen LogP contribution in [-0.2, 0) is 9.53 Å². The van der Waals surface area contributed by atoms with Crippen LogP contribution < -0.4 is 5.32 Å². The summed E-state index contributed by atoms with van der Waals surface area (Å²) in [6, 6.07) is 14.0. The maximum atomic E-state index is 12.4. The Morgan fingerprint density at radius 1 is 1.30 bits per heavy atom. The van der Waals surface area contributed by atoms with Crippen molar-refractivity contribution < 1.29 is 9.53 Å². The molecule has 0 aliphatic carbocycles. The third-order valence-corrected chi connectivity index (χ3v) is 4.46. The number of nitrogens with one attached hydrogen (secondary N) is 1. The highest BCUT2D eigenvalue weighted by atomic mass is 16.5. The molecule has 0 bridgehead atoms. The highest BCUT2D eigenvalue weighted by molar-refractivity contribution is 5.83. The Hall–Kier alpha value is -2.20. The molecule has 4 nitrogen and oxygen atoms in total. The number of aromatic nitrogens is 1. The van der Waals surface area contributed by atoms with Crippen molar-refractivity contribution in [2.75, 3.05) is 13.2 Å². The first-order chi connectivity index (χ1) is 11.3. The molecule has 4 heteroatoms. The first-order valence-corrected chi connectivity index (χ1v) is 8.10. The molecule has 0 radical (unpaired) electrons. The normalized spacial score (nSPS) is 21.8. The zero-order valence-electron chi connectivity index (χ0n) is 13.3. The summed E-state index contributed by atoms with van der Waals surface area (Å²) in [5.74, 6) is 0.167. The summed E-state index contributed by atoms with van der Waals surface area (Å²) in [6.45, 7) is 3.30. The Labute approximate surface area is 136 Å². The van der Waals surface area contributed by atoms with Crippen LogP contribution in [0.25, 0.3) is 0 Å². The highest BCUT2D eigenvalue weighted by Gasteiger charge is 2.30. The predicted molar refractivity (Wildman–Crippen MR) is 88.9 cm³/mol. The van der Waals surface area contributed by atoms with Crippen molar-refractivity contribution in [3.63, 3.8) is 0 Å². The Kier molecular flexibility index (Phi) is 5.03. The van der Waals surface area contributed by atoms with E-state index in [0.717, 1.165) is 18.6 Å². The lowest BCUT2D eigenvalue weighted by atomic mass is 9.95. The molecule has 0 spiro atoms. The molecule has 1 aliphatic heterocycles. The fourth-order valence-corrected chi connectivity index (χ4v) is 3.02. The van der Waals surface area contributed by atoms with E-state index in [1.807, 2.05) is 37.3 Å². The van der Waals surface area contributed by atoms with Crippen molar-refractivity contribution >= 4 is 5.91 Å². The first-order valence-electron chi connectivity index (χ1n) is 8.10. The lowest BCUT2D eigenvalue weighted by Crippen LogP contribution is -2.33. The second-order valence-corrected chi connectivity index (χ2v) is 6.00. The Bertz CT molecular complexity index is 630. The molecule has 1 saturated heterocycles. The number of rotatable bonds is 5. The zero-order chi connectivity index (χ0) is 16.1.